The molecule has 0 radical (unpaired) electrons. The summed E-state index contributed by atoms with van der Waals surface area (Å²) >= 11 is 0. The van der Waals surface area contributed by atoms with Crippen LogP contribution >= 0.6 is 0 Å². The van der Waals surface area contributed by atoms with Crippen molar-refractivity contribution in [2.24, 2.45) is 0 Å². The maximum Gasteiger partial charge on any atom is 0.258 e. The molecule has 0 saturated carbocycles. The lowest BCUT2D eigenvalue weighted by atomic mass is 9.92. The topological polar surface area (TPSA) is 116 Å². The van der Waals surface area contributed by atoms with E-state index in [2.05, 4.69) is 39.3 Å². The summed E-state index contributed by atoms with van der Waals surface area (Å²) in [5.41, 5.74) is 0.297. The maximum absolute atomic E-state index is 13.0. The van der Waals surface area contributed by atoms with Gasteiger partial charge in [-0.25, -0.2) is 0 Å². The van der Waals surface area contributed by atoms with Crippen LogP contribution in [-0.2, 0) is 9.59 Å². The number of anilines is 3. The van der Waals surface area contributed by atoms with Crippen molar-refractivity contribution in [3.63, 3.8) is 0 Å². The quantitative estimate of drug-likeness (QED) is 0.693. The van der Waals surface area contributed by atoms with Gasteiger partial charge in [-0.05, 0) is 45.2 Å². The molecule has 1 aromatic carbocycles. The normalized spacial score (nSPS) is 23.0. The number of H-pyrrole nitrogens is 1. The molecule has 3 N–H and O–H groups in total. The van der Waals surface area contributed by atoms with E-state index in [0.717, 1.165) is 19.3 Å². The zero-order valence-corrected chi connectivity index (χ0v) is 17.9. The van der Waals surface area contributed by atoms with Crippen LogP contribution in [0.15, 0.2) is 29.1 Å². The molecule has 4 rings (SSSR count). The summed E-state index contributed by atoms with van der Waals surface area (Å²) in [7, 11) is 1.54. The van der Waals surface area contributed by atoms with Gasteiger partial charge in [0.1, 0.15) is 11.6 Å². The van der Waals surface area contributed by atoms with Gasteiger partial charge in [-0.3, -0.25) is 19.4 Å². The fourth-order valence-electron chi connectivity index (χ4n) is 4.47. The van der Waals surface area contributed by atoms with Gasteiger partial charge in [-0.1, -0.05) is 6.07 Å². The van der Waals surface area contributed by atoms with E-state index in [1.807, 2.05) is 0 Å². The number of methoxy groups -OCH3 is 1. The predicted octanol–water partition coefficient (Wildman–Crippen LogP) is 2.61. The Labute approximate surface area is 180 Å². The number of nitrogens with zero attached hydrogens (tertiary/aromatic N) is 2. The fourth-order valence-corrected chi connectivity index (χ4v) is 4.47. The molecule has 2 aliphatic rings. The number of piperidine rings is 1. The number of carbonyl (C=O) groups is 2. The molecule has 3 atom stereocenters. The Hall–Kier alpha value is -3.36. The molecule has 31 heavy (non-hydrogen) atoms. The Morgan fingerprint density at radius 3 is 2.68 bits per heavy atom. The molecule has 0 aliphatic carbocycles. The van der Waals surface area contributed by atoms with Crippen molar-refractivity contribution in [2.45, 2.75) is 57.5 Å². The van der Waals surface area contributed by atoms with Crippen LogP contribution in [0.25, 0.3) is 0 Å². The van der Waals surface area contributed by atoms with Crippen molar-refractivity contribution >= 4 is 29.3 Å². The van der Waals surface area contributed by atoms with Gasteiger partial charge in [-0.2, -0.15) is 4.98 Å². The number of hydrogen-bond acceptors (Lipinski definition) is 6. The number of ether oxygens (including phenoxy) is 1. The monoisotopic (exact) mass is 425 g/mol. The third kappa shape index (κ3) is 4.12. The first kappa shape index (κ1) is 20.9. The van der Waals surface area contributed by atoms with E-state index in [0.29, 0.717) is 17.4 Å². The minimum Gasteiger partial charge on any atom is -0.497 e. The largest absolute Gasteiger partial charge is 0.497 e. The molecule has 1 fully saturated rings. The van der Waals surface area contributed by atoms with Crippen LogP contribution in [0.5, 0.6) is 5.75 Å². The first-order valence-corrected chi connectivity index (χ1v) is 10.5. The lowest BCUT2D eigenvalue weighted by Crippen LogP contribution is -2.46. The van der Waals surface area contributed by atoms with Crippen LogP contribution < -0.4 is 25.8 Å². The van der Waals surface area contributed by atoms with Gasteiger partial charge >= 0.3 is 0 Å². The molecule has 164 valence electrons. The summed E-state index contributed by atoms with van der Waals surface area (Å²) in [6.07, 6.45) is 3.01. The van der Waals surface area contributed by atoms with E-state index in [9.17, 15) is 14.4 Å². The Morgan fingerprint density at radius 2 is 1.97 bits per heavy atom. The van der Waals surface area contributed by atoms with Crippen molar-refractivity contribution in [3.05, 3.63) is 40.2 Å². The summed E-state index contributed by atoms with van der Waals surface area (Å²) in [6.45, 7) is 4.19. The van der Waals surface area contributed by atoms with Gasteiger partial charge in [0.25, 0.3) is 5.56 Å². The highest BCUT2D eigenvalue weighted by molar-refractivity contribution is 6.04. The minimum absolute atomic E-state index is 0.122. The standard InChI is InChI=1S/C22H27N5O4/c1-12-6-4-7-13(2)27(12)22-25-19-18(21(30)26-22)16(11-17(28)24-19)20(29)23-14-8-5-9-15(10-14)31-3/h5,8-10,12-13,16H,4,6-7,11H2,1-3H3,(H,23,29)(H2,24,25,26,28,30)/t12-,13-,16+/m0/s1. The Morgan fingerprint density at radius 1 is 1.23 bits per heavy atom. The fraction of sp³-hybridized carbons (Fsp3) is 0.455. The molecule has 2 aliphatic heterocycles. The molecule has 0 bridgehead atoms. The molecule has 1 saturated heterocycles. The number of fused-ring (bicyclic) bond motifs is 1. The SMILES string of the molecule is COc1cccc(NC(=O)[C@@H]2CC(=O)Nc3nc(N4[C@@H](C)CCC[C@@H]4C)[nH]c(=O)c32)c1. The number of hydrogen-bond donors (Lipinski definition) is 3. The van der Waals surface area contributed by atoms with Gasteiger partial charge < -0.3 is 20.3 Å². The highest BCUT2D eigenvalue weighted by Crippen LogP contribution is 2.32. The molecule has 1 aromatic heterocycles. The Balaban J connectivity index is 1.66. The second-order valence-corrected chi connectivity index (χ2v) is 8.21. The highest BCUT2D eigenvalue weighted by Gasteiger charge is 2.36. The number of nitrogens with one attached hydrogen (secondary N) is 3. The number of amides is 2. The number of aromatic amines is 1. The van der Waals surface area contributed by atoms with Crippen LogP contribution in [0.4, 0.5) is 17.5 Å². The van der Waals surface area contributed by atoms with Gasteiger partial charge in [0.05, 0.1) is 18.6 Å². The second-order valence-electron chi connectivity index (χ2n) is 8.21. The predicted molar refractivity (Wildman–Crippen MR) is 118 cm³/mol. The van der Waals surface area contributed by atoms with Crippen molar-refractivity contribution in [1.29, 1.82) is 0 Å². The molecule has 9 nitrogen and oxygen atoms in total. The van der Waals surface area contributed by atoms with Crippen LogP contribution in [0.1, 0.15) is 51.0 Å². The van der Waals surface area contributed by atoms with Crippen molar-refractivity contribution in [1.82, 2.24) is 9.97 Å². The van der Waals surface area contributed by atoms with E-state index < -0.39 is 17.4 Å². The van der Waals surface area contributed by atoms with E-state index in [1.54, 1.807) is 24.3 Å². The van der Waals surface area contributed by atoms with E-state index in [4.69, 9.17) is 4.74 Å². The number of aromatic nitrogens is 2. The van der Waals surface area contributed by atoms with Crippen LogP contribution in [-0.4, -0.2) is 41.0 Å². The molecule has 9 heteroatoms. The number of rotatable bonds is 4. The molecule has 0 unspecified atom stereocenters. The molecule has 2 amide bonds. The maximum atomic E-state index is 13.0. The molecular weight excluding hydrogens is 398 g/mol. The Bertz CT molecular complexity index is 1060. The van der Waals surface area contributed by atoms with Crippen molar-refractivity contribution < 1.29 is 14.3 Å². The average Bonchev–Trinajstić information content (AvgIpc) is 2.73. The van der Waals surface area contributed by atoms with Crippen LogP contribution in [0.2, 0.25) is 0 Å². The lowest BCUT2D eigenvalue weighted by Gasteiger charge is -2.39. The first-order chi connectivity index (χ1) is 14.9. The second kappa shape index (κ2) is 8.41. The smallest absolute Gasteiger partial charge is 0.258 e. The summed E-state index contributed by atoms with van der Waals surface area (Å²) < 4.78 is 5.18. The van der Waals surface area contributed by atoms with Crippen LogP contribution in [0.3, 0.4) is 0 Å². The highest BCUT2D eigenvalue weighted by atomic mass is 16.5. The van der Waals surface area contributed by atoms with Gasteiger partial charge in [0, 0.05) is 30.3 Å². The Kier molecular flexibility index (Phi) is 5.67. The number of benzene rings is 1. The average molecular weight is 425 g/mol. The van der Waals surface area contributed by atoms with Gasteiger partial charge in [0.15, 0.2) is 0 Å². The zero-order chi connectivity index (χ0) is 22.1. The van der Waals surface area contributed by atoms with Crippen molar-refractivity contribution in [3.8, 4) is 5.75 Å². The van der Waals surface area contributed by atoms with Crippen LogP contribution in [0, 0.1) is 0 Å². The zero-order valence-electron chi connectivity index (χ0n) is 17.9. The third-order valence-electron chi connectivity index (χ3n) is 6.03. The van der Waals surface area contributed by atoms with Crippen molar-refractivity contribution in [2.75, 3.05) is 22.6 Å². The lowest BCUT2D eigenvalue weighted by molar-refractivity contribution is -0.123. The summed E-state index contributed by atoms with van der Waals surface area (Å²) in [5, 5.41) is 5.46. The molecule has 0 spiro atoms. The van der Waals surface area contributed by atoms with Gasteiger partial charge in [0.2, 0.25) is 17.8 Å². The number of carbonyl (C=O) groups excluding carboxylic acids is 2. The molecule has 2 aromatic rings. The summed E-state index contributed by atoms with van der Waals surface area (Å²) in [4.78, 5) is 47.9. The molecule has 3 heterocycles. The molecular formula is C22H27N5O4. The van der Waals surface area contributed by atoms with E-state index >= 15 is 0 Å². The van der Waals surface area contributed by atoms with E-state index in [-0.39, 0.29) is 35.8 Å². The summed E-state index contributed by atoms with van der Waals surface area (Å²) in [6, 6.07) is 7.34. The first-order valence-electron chi connectivity index (χ1n) is 10.5. The van der Waals surface area contributed by atoms with Gasteiger partial charge in [-0.15, -0.1) is 0 Å². The summed E-state index contributed by atoms with van der Waals surface area (Å²) in [5.74, 6) is -0.542. The minimum atomic E-state index is -0.934. The van der Waals surface area contributed by atoms with E-state index in [1.165, 1.54) is 7.11 Å². The third-order valence-corrected chi connectivity index (χ3v) is 6.03.